The SMILES string of the molecule is CC(C)Cc1ncc(-c2cncc(C[C@H]3CCCN(S(C)(=O)=O)C3)n2)s1. The molecule has 0 aromatic carbocycles. The highest BCUT2D eigenvalue weighted by Crippen LogP contribution is 2.27. The van der Waals surface area contributed by atoms with Crippen molar-refractivity contribution in [1.29, 1.82) is 0 Å². The maximum Gasteiger partial charge on any atom is 0.211 e. The number of hydrogen-bond donors (Lipinski definition) is 0. The molecule has 3 rings (SSSR count). The van der Waals surface area contributed by atoms with Crippen molar-refractivity contribution in [3.05, 3.63) is 29.3 Å². The first-order valence-electron chi connectivity index (χ1n) is 9.02. The maximum absolute atomic E-state index is 11.8. The summed E-state index contributed by atoms with van der Waals surface area (Å²) < 4.78 is 25.2. The quantitative estimate of drug-likeness (QED) is 0.753. The monoisotopic (exact) mass is 394 g/mol. The molecule has 0 saturated carbocycles. The van der Waals surface area contributed by atoms with Crippen LogP contribution in [0.1, 0.15) is 37.4 Å². The number of aromatic nitrogens is 3. The van der Waals surface area contributed by atoms with Crippen LogP contribution in [0.4, 0.5) is 0 Å². The van der Waals surface area contributed by atoms with Gasteiger partial charge >= 0.3 is 0 Å². The van der Waals surface area contributed by atoms with Crippen molar-refractivity contribution < 1.29 is 8.42 Å². The zero-order valence-corrected chi connectivity index (χ0v) is 17.2. The Morgan fingerprint density at radius 1 is 1.31 bits per heavy atom. The van der Waals surface area contributed by atoms with Crippen molar-refractivity contribution in [2.24, 2.45) is 11.8 Å². The van der Waals surface area contributed by atoms with Crippen molar-refractivity contribution in [3.8, 4) is 10.6 Å². The molecule has 2 aromatic heterocycles. The molecule has 26 heavy (non-hydrogen) atoms. The van der Waals surface area contributed by atoms with Crippen LogP contribution in [-0.2, 0) is 22.9 Å². The molecule has 0 N–H and O–H groups in total. The van der Waals surface area contributed by atoms with Crippen LogP contribution in [0.2, 0.25) is 0 Å². The van der Waals surface area contributed by atoms with Gasteiger partial charge in [0.05, 0.1) is 28.0 Å². The lowest BCUT2D eigenvalue weighted by atomic mass is 9.95. The first-order valence-corrected chi connectivity index (χ1v) is 11.7. The van der Waals surface area contributed by atoms with Crippen LogP contribution in [0.3, 0.4) is 0 Å². The van der Waals surface area contributed by atoms with Gasteiger partial charge in [-0.2, -0.15) is 0 Å². The predicted molar refractivity (Wildman–Crippen MR) is 105 cm³/mol. The Bertz CT molecular complexity index is 848. The Balaban J connectivity index is 1.70. The molecule has 1 aliphatic rings. The molecule has 0 radical (unpaired) electrons. The highest BCUT2D eigenvalue weighted by Gasteiger charge is 2.26. The van der Waals surface area contributed by atoms with Gasteiger partial charge in [0, 0.05) is 31.9 Å². The van der Waals surface area contributed by atoms with Crippen LogP contribution in [0, 0.1) is 11.8 Å². The second-order valence-corrected chi connectivity index (χ2v) is 10.5. The summed E-state index contributed by atoms with van der Waals surface area (Å²) in [6, 6.07) is 0. The van der Waals surface area contributed by atoms with Crippen LogP contribution >= 0.6 is 11.3 Å². The minimum atomic E-state index is -3.12. The van der Waals surface area contributed by atoms with E-state index in [1.807, 2.05) is 6.20 Å². The van der Waals surface area contributed by atoms with Gasteiger partial charge in [-0.1, -0.05) is 13.8 Å². The fourth-order valence-corrected chi connectivity index (χ4v) is 5.31. The summed E-state index contributed by atoms with van der Waals surface area (Å²) in [6.45, 7) is 5.57. The van der Waals surface area contributed by atoms with Gasteiger partial charge in [0.2, 0.25) is 10.0 Å². The second-order valence-electron chi connectivity index (χ2n) is 7.45. The van der Waals surface area contributed by atoms with Crippen molar-refractivity contribution in [1.82, 2.24) is 19.3 Å². The van der Waals surface area contributed by atoms with Gasteiger partial charge in [-0.3, -0.25) is 4.98 Å². The number of rotatable bonds is 6. The van der Waals surface area contributed by atoms with Gasteiger partial charge in [-0.15, -0.1) is 11.3 Å². The Kier molecular flexibility index (Phi) is 6.04. The van der Waals surface area contributed by atoms with Crippen LogP contribution in [0.5, 0.6) is 0 Å². The number of nitrogens with zero attached hydrogens (tertiary/aromatic N) is 4. The molecule has 142 valence electrons. The lowest BCUT2D eigenvalue weighted by Crippen LogP contribution is -2.39. The molecular formula is C18H26N4O2S2. The summed E-state index contributed by atoms with van der Waals surface area (Å²) in [5.41, 5.74) is 1.77. The van der Waals surface area contributed by atoms with Crippen molar-refractivity contribution >= 4 is 21.4 Å². The van der Waals surface area contributed by atoms with Crippen molar-refractivity contribution in [2.75, 3.05) is 19.3 Å². The molecule has 1 fully saturated rings. The zero-order chi connectivity index (χ0) is 18.7. The van der Waals surface area contributed by atoms with Crippen LogP contribution in [-0.4, -0.2) is 47.0 Å². The zero-order valence-electron chi connectivity index (χ0n) is 15.6. The third-order valence-electron chi connectivity index (χ3n) is 4.52. The number of thiazole rings is 1. The standard InChI is InChI=1S/C18H26N4O2S2/c1-13(2)7-18-20-11-17(25-18)16-10-19-9-15(21-16)8-14-5-4-6-22(12-14)26(3,23)24/h9-11,13-14H,4-8,12H2,1-3H3/t14-/m1/s1. The smallest absolute Gasteiger partial charge is 0.211 e. The molecule has 2 aromatic rings. The minimum absolute atomic E-state index is 0.293. The minimum Gasteiger partial charge on any atom is -0.261 e. The molecule has 8 heteroatoms. The summed E-state index contributed by atoms with van der Waals surface area (Å²) in [5.74, 6) is 0.872. The molecule has 3 heterocycles. The Labute approximate surface area is 159 Å². The maximum atomic E-state index is 11.8. The summed E-state index contributed by atoms with van der Waals surface area (Å²) in [7, 11) is -3.12. The van der Waals surface area contributed by atoms with Crippen molar-refractivity contribution in [2.45, 2.75) is 39.5 Å². The summed E-state index contributed by atoms with van der Waals surface area (Å²) in [6.07, 6.45) is 10.4. The molecule has 1 aliphatic heterocycles. The largest absolute Gasteiger partial charge is 0.261 e. The molecule has 0 aliphatic carbocycles. The van der Waals surface area contributed by atoms with Crippen molar-refractivity contribution in [3.63, 3.8) is 0 Å². The van der Waals surface area contributed by atoms with E-state index in [1.165, 1.54) is 6.26 Å². The summed E-state index contributed by atoms with van der Waals surface area (Å²) >= 11 is 1.67. The molecule has 1 saturated heterocycles. The lowest BCUT2D eigenvalue weighted by Gasteiger charge is -2.30. The van der Waals surface area contributed by atoms with Gasteiger partial charge in [0.1, 0.15) is 5.69 Å². The van der Waals surface area contributed by atoms with Gasteiger partial charge in [-0.25, -0.2) is 22.7 Å². The highest BCUT2D eigenvalue weighted by molar-refractivity contribution is 7.88. The van der Waals surface area contributed by atoms with E-state index in [0.717, 1.165) is 47.0 Å². The van der Waals surface area contributed by atoms with Gasteiger partial charge in [-0.05, 0) is 31.1 Å². The van der Waals surface area contributed by atoms with Crippen LogP contribution in [0.25, 0.3) is 10.6 Å². The Morgan fingerprint density at radius 2 is 2.12 bits per heavy atom. The fourth-order valence-electron chi connectivity index (χ4n) is 3.29. The number of piperidine rings is 1. The number of sulfonamides is 1. The topological polar surface area (TPSA) is 76.1 Å². The van der Waals surface area contributed by atoms with E-state index >= 15 is 0 Å². The van der Waals surface area contributed by atoms with E-state index in [-0.39, 0.29) is 0 Å². The van der Waals surface area contributed by atoms with E-state index in [9.17, 15) is 8.42 Å². The third-order valence-corrected chi connectivity index (χ3v) is 6.83. The normalized spacial score (nSPS) is 19.2. The molecule has 1 atom stereocenters. The van der Waals surface area contributed by atoms with E-state index in [0.29, 0.717) is 24.9 Å². The van der Waals surface area contributed by atoms with E-state index in [4.69, 9.17) is 4.98 Å². The molecule has 0 spiro atoms. The molecule has 0 bridgehead atoms. The Hall–Kier alpha value is -1.38. The first-order chi connectivity index (χ1) is 12.3. The summed E-state index contributed by atoms with van der Waals surface area (Å²) in [4.78, 5) is 14.6. The highest BCUT2D eigenvalue weighted by atomic mass is 32.2. The average Bonchev–Trinajstić information content (AvgIpc) is 3.02. The predicted octanol–water partition coefficient (Wildman–Crippen LogP) is 3.01. The van der Waals surface area contributed by atoms with Crippen LogP contribution in [0.15, 0.2) is 18.6 Å². The van der Waals surface area contributed by atoms with E-state index < -0.39 is 10.0 Å². The number of hydrogen-bond acceptors (Lipinski definition) is 6. The van der Waals surface area contributed by atoms with Crippen LogP contribution < -0.4 is 0 Å². The third kappa shape index (κ3) is 5.08. The van der Waals surface area contributed by atoms with E-state index in [2.05, 4.69) is 23.8 Å². The first kappa shape index (κ1) is 19.4. The summed E-state index contributed by atoms with van der Waals surface area (Å²) in [5, 5.41) is 1.12. The van der Waals surface area contributed by atoms with Gasteiger partial charge in [0.25, 0.3) is 0 Å². The lowest BCUT2D eigenvalue weighted by molar-refractivity contribution is 0.265. The van der Waals surface area contributed by atoms with Gasteiger partial charge in [0.15, 0.2) is 0 Å². The Morgan fingerprint density at radius 3 is 2.85 bits per heavy atom. The van der Waals surface area contributed by atoms with Gasteiger partial charge < -0.3 is 0 Å². The molecule has 6 nitrogen and oxygen atoms in total. The molecular weight excluding hydrogens is 368 g/mol. The average molecular weight is 395 g/mol. The fraction of sp³-hybridized carbons (Fsp3) is 0.611. The molecule has 0 amide bonds. The second kappa shape index (κ2) is 8.10. The van der Waals surface area contributed by atoms with E-state index in [1.54, 1.807) is 28.0 Å². The molecule has 0 unspecified atom stereocenters.